The summed E-state index contributed by atoms with van der Waals surface area (Å²) in [5.41, 5.74) is 1.38. The zero-order valence-electron chi connectivity index (χ0n) is 2.64. The van der Waals surface area contributed by atoms with E-state index in [1.807, 2.05) is 0 Å². The van der Waals surface area contributed by atoms with Crippen molar-refractivity contribution in [2.45, 2.75) is 0 Å². The van der Waals surface area contributed by atoms with Crippen molar-refractivity contribution in [1.29, 1.82) is 0 Å². The summed E-state index contributed by atoms with van der Waals surface area (Å²) in [6.07, 6.45) is 0. The molecule has 0 aromatic rings. The fourth-order valence-electron chi connectivity index (χ4n) is 0.0340. The van der Waals surface area contributed by atoms with Crippen molar-refractivity contribution in [1.82, 2.24) is 0 Å². The van der Waals surface area contributed by atoms with Gasteiger partial charge in [0.2, 0.25) is 0 Å². The van der Waals surface area contributed by atoms with E-state index in [0.29, 0.717) is 11.0 Å². The van der Waals surface area contributed by atoms with Crippen LogP contribution in [-0.4, -0.2) is 43.0 Å². The molecule has 0 unspecified atom stereocenters. The average molecular weight is 202 g/mol. The molecular formula is C2H4OSe2. The van der Waals surface area contributed by atoms with Crippen LogP contribution in [0.2, 0.25) is 0 Å². The van der Waals surface area contributed by atoms with Crippen LogP contribution in [0.5, 0.6) is 0 Å². The summed E-state index contributed by atoms with van der Waals surface area (Å²) in [6, 6.07) is 0. The second-order valence-corrected chi connectivity index (χ2v) is 1.43. The van der Waals surface area contributed by atoms with E-state index in [1.54, 1.807) is 0 Å². The van der Waals surface area contributed by atoms with Gasteiger partial charge in [-0.2, -0.15) is 0 Å². The van der Waals surface area contributed by atoms with E-state index in [9.17, 15) is 0 Å². The Hall–Kier alpha value is 0.999. The summed E-state index contributed by atoms with van der Waals surface area (Å²) in [4.78, 5) is 0. The van der Waals surface area contributed by atoms with E-state index in [4.69, 9.17) is 4.74 Å². The predicted molar refractivity (Wildman–Crippen MR) is 22.3 cm³/mol. The van der Waals surface area contributed by atoms with Crippen molar-refractivity contribution in [3.05, 3.63) is 0 Å². The molecule has 0 amide bonds. The van der Waals surface area contributed by atoms with Gasteiger partial charge < -0.3 is 0 Å². The van der Waals surface area contributed by atoms with Crippen molar-refractivity contribution in [2.24, 2.45) is 0 Å². The van der Waals surface area contributed by atoms with Gasteiger partial charge in [0, 0.05) is 0 Å². The fraction of sp³-hybridized carbons (Fsp3) is 1.00. The molecule has 0 saturated carbocycles. The third-order valence-electron chi connectivity index (χ3n) is 0.167. The Morgan fingerprint density at radius 1 is 1.20 bits per heavy atom. The minimum atomic E-state index is 0.688. The molecule has 1 nitrogen and oxygen atoms in total. The van der Waals surface area contributed by atoms with Crippen LogP contribution < -0.4 is 0 Å². The van der Waals surface area contributed by atoms with Crippen LogP contribution in [0.3, 0.4) is 0 Å². The Labute approximate surface area is 48.1 Å². The van der Waals surface area contributed by atoms with Gasteiger partial charge >= 0.3 is 47.8 Å². The molecule has 0 aromatic heterocycles. The van der Waals surface area contributed by atoms with Gasteiger partial charge in [-0.15, -0.1) is 0 Å². The van der Waals surface area contributed by atoms with Crippen molar-refractivity contribution in [3.63, 3.8) is 0 Å². The van der Waals surface area contributed by atoms with Crippen LogP contribution in [0.1, 0.15) is 0 Å². The summed E-state index contributed by atoms with van der Waals surface area (Å²) in [6.45, 7) is 0. The van der Waals surface area contributed by atoms with Gasteiger partial charge in [-0.1, -0.05) is 0 Å². The molecule has 30 valence electrons. The molecule has 0 fully saturated rings. The van der Waals surface area contributed by atoms with Crippen molar-refractivity contribution >= 4 is 32.0 Å². The van der Waals surface area contributed by atoms with Gasteiger partial charge in [-0.05, 0) is 0 Å². The number of hydrogen-bond acceptors (Lipinski definition) is 1. The molecule has 0 heterocycles. The molecule has 2 radical (unpaired) electrons. The monoisotopic (exact) mass is 204 g/mol. The van der Waals surface area contributed by atoms with Gasteiger partial charge in [-0.25, -0.2) is 0 Å². The van der Waals surface area contributed by atoms with Crippen LogP contribution in [0.4, 0.5) is 0 Å². The quantitative estimate of drug-likeness (QED) is 0.535. The summed E-state index contributed by atoms with van der Waals surface area (Å²) in [5.74, 6) is 0. The van der Waals surface area contributed by atoms with Gasteiger partial charge in [0.25, 0.3) is 0 Å². The first kappa shape index (κ1) is 6.00. The number of hydrogen-bond donors (Lipinski definition) is 0. The second-order valence-electron chi connectivity index (χ2n) is 0.440. The molecule has 0 aromatic carbocycles. The van der Waals surface area contributed by atoms with E-state index in [1.165, 1.54) is 0 Å². The van der Waals surface area contributed by atoms with E-state index < -0.39 is 0 Å². The Morgan fingerprint density at radius 3 is 1.60 bits per heavy atom. The summed E-state index contributed by atoms with van der Waals surface area (Å²) >= 11 is 5.40. The van der Waals surface area contributed by atoms with Crippen molar-refractivity contribution in [2.75, 3.05) is 11.0 Å². The standard InChI is InChI=1S/C2H4OSe2/c4-1-3-2-5/h1-2H2. The van der Waals surface area contributed by atoms with E-state index in [2.05, 4.69) is 32.0 Å². The van der Waals surface area contributed by atoms with Crippen LogP contribution in [-0.2, 0) is 4.74 Å². The Kier molecular flexibility index (Phi) is 6.00. The molecule has 0 aliphatic carbocycles. The van der Waals surface area contributed by atoms with Gasteiger partial charge in [0.1, 0.15) is 0 Å². The second kappa shape index (κ2) is 5.00. The molecule has 5 heavy (non-hydrogen) atoms. The zero-order chi connectivity index (χ0) is 4.12. The summed E-state index contributed by atoms with van der Waals surface area (Å²) < 4.78 is 4.72. The normalized spacial score (nSPS) is 8.40. The van der Waals surface area contributed by atoms with Crippen LogP contribution >= 0.6 is 0 Å². The molecule has 0 aliphatic rings. The van der Waals surface area contributed by atoms with Crippen molar-refractivity contribution in [3.8, 4) is 0 Å². The maximum atomic E-state index is 4.72. The van der Waals surface area contributed by atoms with E-state index >= 15 is 0 Å². The molecule has 0 rings (SSSR count). The van der Waals surface area contributed by atoms with E-state index in [0.717, 1.165) is 0 Å². The minimum absolute atomic E-state index is 0.688. The predicted octanol–water partition coefficient (Wildman–Crippen LogP) is -0.745. The van der Waals surface area contributed by atoms with Gasteiger partial charge in [0.15, 0.2) is 0 Å². The molecule has 0 saturated heterocycles. The van der Waals surface area contributed by atoms with Gasteiger partial charge in [-0.3, -0.25) is 0 Å². The Bertz CT molecular complexity index is 15.1. The molecule has 0 spiro atoms. The maximum absolute atomic E-state index is 4.72. The SMILES string of the molecule is [Se]COC[Se]. The van der Waals surface area contributed by atoms with Gasteiger partial charge in [0.05, 0.1) is 0 Å². The molecule has 0 bridgehead atoms. The molecular weight excluding hydrogens is 198 g/mol. The molecule has 0 atom stereocenters. The van der Waals surface area contributed by atoms with Crippen molar-refractivity contribution < 1.29 is 4.74 Å². The molecule has 0 aliphatic heterocycles. The first-order chi connectivity index (χ1) is 2.41. The first-order valence-corrected chi connectivity index (χ1v) is 3.58. The molecule has 0 N–H and O–H groups in total. The van der Waals surface area contributed by atoms with Crippen LogP contribution in [0.15, 0.2) is 0 Å². The van der Waals surface area contributed by atoms with E-state index in [-0.39, 0.29) is 0 Å². The first-order valence-electron chi connectivity index (χ1n) is 1.15. The number of ether oxygens (including phenoxy) is 1. The number of rotatable bonds is 2. The fourth-order valence-corrected chi connectivity index (χ4v) is 0.919. The summed E-state index contributed by atoms with van der Waals surface area (Å²) in [7, 11) is 0. The Morgan fingerprint density at radius 2 is 1.60 bits per heavy atom. The third-order valence-corrected chi connectivity index (χ3v) is 0.866. The third kappa shape index (κ3) is 5.00. The topological polar surface area (TPSA) is 9.23 Å². The summed E-state index contributed by atoms with van der Waals surface area (Å²) in [5, 5.41) is 0. The average Bonchev–Trinajstić information content (AvgIpc) is 1.41. The molecule has 3 heteroatoms. The zero-order valence-corrected chi connectivity index (χ0v) is 6.07. The van der Waals surface area contributed by atoms with Crippen LogP contribution in [0.25, 0.3) is 0 Å². The Balaban J connectivity index is 2.19. The van der Waals surface area contributed by atoms with Crippen LogP contribution in [0, 0.1) is 0 Å².